The summed E-state index contributed by atoms with van der Waals surface area (Å²) < 4.78 is 96.4. The number of aryl methyl sites for hydroxylation is 3. The van der Waals surface area contributed by atoms with Gasteiger partial charge in [0.2, 0.25) is 5.91 Å². The highest BCUT2D eigenvalue weighted by Crippen LogP contribution is 2.33. The van der Waals surface area contributed by atoms with Crippen LogP contribution in [0.25, 0.3) is 0 Å². The molecule has 4 rings (SSSR count). The number of hydrogen-bond acceptors (Lipinski definition) is 5. The monoisotopic (exact) mass is 631 g/mol. The van der Waals surface area contributed by atoms with Crippen molar-refractivity contribution in [1.82, 2.24) is 0 Å². The average molecular weight is 632 g/mol. The quantitative estimate of drug-likeness (QED) is 0.226. The lowest BCUT2D eigenvalue weighted by molar-refractivity contribution is -0.137. The third kappa shape index (κ3) is 7.35. The van der Waals surface area contributed by atoms with Crippen molar-refractivity contribution in [2.24, 2.45) is 0 Å². The van der Waals surface area contributed by atoms with Gasteiger partial charge in [0, 0.05) is 5.69 Å². The third-order valence-electron chi connectivity index (χ3n) is 6.52. The first kappa shape index (κ1) is 31.6. The van der Waals surface area contributed by atoms with Gasteiger partial charge in [-0.1, -0.05) is 42.0 Å². The molecule has 0 saturated carbocycles. The standard InChI is InChI=1S/C30H28F3N3O5S2/c1-20-10-14-27(15-11-20)43(40,41)36(25-9-5-8-23(18-25)30(31,32)33)19-28(37)34-24-12-16-26(17-13-24)42(38,39)35-29-21(2)6-4-7-22(29)3/h4-18,35H,19H2,1-3H3,(H,34,37). The average Bonchev–Trinajstić information content (AvgIpc) is 2.94. The van der Waals surface area contributed by atoms with Crippen LogP contribution in [0, 0.1) is 20.8 Å². The SMILES string of the molecule is Cc1ccc(S(=O)(=O)N(CC(=O)Nc2ccc(S(=O)(=O)Nc3c(C)cccc3C)cc2)c2cccc(C(F)(F)F)c2)cc1. The van der Waals surface area contributed by atoms with Crippen LogP contribution < -0.4 is 14.3 Å². The Morgan fingerprint density at radius 2 is 1.33 bits per heavy atom. The van der Waals surface area contributed by atoms with Gasteiger partial charge in [0.15, 0.2) is 0 Å². The van der Waals surface area contributed by atoms with Crippen LogP contribution in [0.4, 0.5) is 30.2 Å². The fourth-order valence-electron chi connectivity index (χ4n) is 4.21. The predicted molar refractivity (Wildman–Crippen MR) is 159 cm³/mol. The lowest BCUT2D eigenvalue weighted by Gasteiger charge is -2.25. The molecule has 0 radical (unpaired) electrons. The molecule has 0 atom stereocenters. The lowest BCUT2D eigenvalue weighted by Crippen LogP contribution is -2.38. The van der Waals surface area contributed by atoms with Crippen LogP contribution in [-0.2, 0) is 31.0 Å². The molecular formula is C30H28F3N3O5S2. The molecule has 0 aliphatic rings. The summed E-state index contributed by atoms with van der Waals surface area (Å²) in [6, 6.07) is 19.8. The predicted octanol–water partition coefficient (Wildman–Crippen LogP) is 6.27. The highest BCUT2D eigenvalue weighted by molar-refractivity contribution is 7.93. The summed E-state index contributed by atoms with van der Waals surface area (Å²) in [7, 11) is -8.44. The molecule has 8 nitrogen and oxygen atoms in total. The maximum Gasteiger partial charge on any atom is 0.416 e. The number of hydrogen-bond donors (Lipinski definition) is 2. The van der Waals surface area contributed by atoms with Crippen LogP contribution in [0.15, 0.2) is 101 Å². The lowest BCUT2D eigenvalue weighted by atomic mass is 10.1. The second-order valence-corrected chi connectivity index (χ2v) is 13.4. The number of carbonyl (C=O) groups is 1. The summed E-state index contributed by atoms with van der Waals surface area (Å²) >= 11 is 0. The highest BCUT2D eigenvalue weighted by atomic mass is 32.2. The summed E-state index contributed by atoms with van der Waals surface area (Å²) in [5, 5.41) is 2.48. The van der Waals surface area contributed by atoms with E-state index in [9.17, 15) is 34.8 Å². The first-order valence-corrected chi connectivity index (χ1v) is 15.8. The molecule has 0 bridgehead atoms. The smallest absolute Gasteiger partial charge is 0.325 e. The number of anilines is 3. The van der Waals surface area contributed by atoms with Crippen molar-refractivity contribution in [3.05, 3.63) is 113 Å². The zero-order valence-electron chi connectivity index (χ0n) is 23.3. The van der Waals surface area contributed by atoms with Crippen LogP contribution in [0.2, 0.25) is 0 Å². The molecule has 1 amide bonds. The van der Waals surface area contributed by atoms with Crippen molar-refractivity contribution < 1.29 is 34.8 Å². The number of amides is 1. The maximum absolute atomic E-state index is 13.5. The van der Waals surface area contributed by atoms with E-state index < -0.39 is 44.2 Å². The molecule has 0 aliphatic heterocycles. The molecule has 0 spiro atoms. The molecule has 0 saturated heterocycles. The number of benzene rings is 4. The van der Waals surface area contributed by atoms with Crippen LogP contribution >= 0.6 is 0 Å². The van der Waals surface area contributed by atoms with E-state index in [4.69, 9.17) is 0 Å². The van der Waals surface area contributed by atoms with Gasteiger partial charge in [-0.05, 0) is 86.5 Å². The zero-order valence-corrected chi connectivity index (χ0v) is 24.9. The second-order valence-electron chi connectivity index (χ2n) is 9.82. The third-order valence-corrected chi connectivity index (χ3v) is 9.68. The van der Waals surface area contributed by atoms with E-state index >= 15 is 0 Å². The number of rotatable bonds is 9. The zero-order chi connectivity index (χ0) is 31.6. The van der Waals surface area contributed by atoms with Crippen molar-refractivity contribution in [3.8, 4) is 0 Å². The molecule has 0 fully saturated rings. The van der Waals surface area contributed by atoms with Gasteiger partial charge in [0.1, 0.15) is 6.54 Å². The van der Waals surface area contributed by atoms with Crippen LogP contribution in [-0.4, -0.2) is 29.3 Å². The normalized spacial score (nSPS) is 12.0. The van der Waals surface area contributed by atoms with Crippen molar-refractivity contribution in [3.63, 3.8) is 0 Å². The van der Waals surface area contributed by atoms with Crippen LogP contribution in [0.1, 0.15) is 22.3 Å². The molecule has 0 aromatic heterocycles. The number of halogens is 3. The van der Waals surface area contributed by atoms with Gasteiger partial charge in [0.25, 0.3) is 20.0 Å². The van der Waals surface area contributed by atoms with Crippen LogP contribution in [0.5, 0.6) is 0 Å². The van der Waals surface area contributed by atoms with Crippen molar-refractivity contribution in [2.45, 2.75) is 36.7 Å². The molecule has 4 aromatic carbocycles. The van der Waals surface area contributed by atoms with E-state index in [0.29, 0.717) is 16.1 Å². The van der Waals surface area contributed by atoms with Gasteiger partial charge in [-0.25, -0.2) is 16.8 Å². The van der Waals surface area contributed by atoms with E-state index in [2.05, 4.69) is 10.0 Å². The van der Waals surface area contributed by atoms with E-state index in [0.717, 1.165) is 34.9 Å². The molecule has 0 heterocycles. The summed E-state index contributed by atoms with van der Waals surface area (Å²) in [6.07, 6.45) is -4.74. The van der Waals surface area contributed by atoms with E-state index in [-0.39, 0.29) is 21.2 Å². The van der Waals surface area contributed by atoms with Gasteiger partial charge in [-0.15, -0.1) is 0 Å². The topological polar surface area (TPSA) is 113 Å². The Hall–Kier alpha value is -4.36. The van der Waals surface area contributed by atoms with Crippen LogP contribution in [0.3, 0.4) is 0 Å². The molecule has 0 aliphatic carbocycles. The van der Waals surface area contributed by atoms with Crippen molar-refractivity contribution in [1.29, 1.82) is 0 Å². The van der Waals surface area contributed by atoms with Gasteiger partial charge >= 0.3 is 6.18 Å². The Labute approximate surface area is 248 Å². The second kappa shape index (κ2) is 12.1. The van der Waals surface area contributed by atoms with Gasteiger partial charge in [0.05, 0.1) is 26.7 Å². The Balaban J connectivity index is 1.59. The van der Waals surface area contributed by atoms with Gasteiger partial charge < -0.3 is 5.32 Å². The molecule has 0 unspecified atom stereocenters. The molecule has 13 heteroatoms. The maximum atomic E-state index is 13.5. The number of nitrogens with zero attached hydrogens (tertiary/aromatic N) is 1. The fraction of sp³-hybridized carbons (Fsp3) is 0.167. The van der Waals surface area contributed by atoms with Gasteiger partial charge in [-0.2, -0.15) is 13.2 Å². The molecule has 4 aromatic rings. The number of nitrogens with one attached hydrogen (secondary N) is 2. The Kier molecular flexibility index (Phi) is 8.88. The Morgan fingerprint density at radius 3 is 1.91 bits per heavy atom. The summed E-state index contributed by atoms with van der Waals surface area (Å²) in [5.74, 6) is -0.864. The Bertz CT molecular complexity index is 1840. The molecule has 43 heavy (non-hydrogen) atoms. The van der Waals surface area contributed by atoms with Gasteiger partial charge in [-0.3, -0.25) is 13.8 Å². The first-order valence-electron chi connectivity index (χ1n) is 12.8. The van der Waals surface area contributed by atoms with E-state index in [1.54, 1.807) is 39.0 Å². The molecule has 226 valence electrons. The number of alkyl halides is 3. The summed E-state index contributed by atoms with van der Waals surface area (Å²) in [4.78, 5) is 12.7. The minimum Gasteiger partial charge on any atom is -0.325 e. The minimum absolute atomic E-state index is 0.0827. The number of para-hydroxylation sites is 1. The molecular weight excluding hydrogens is 603 g/mol. The fourth-order valence-corrected chi connectivity index (χ4v) is 6.82. The highest BCUT2D eigenvalue weighted by Gasteiger charge is 2.33. The minimum atomic E-state index is -4.74. The van der Waals surface area contributed by atoms with Crippen molar-refractivity contribution >= 4 is 43.0 Å². The van der Waals surface area contributed by atoms with Crippen molar-refractivity contribution in [2.75, 3.05) is 20.9 Å². The van der Waals surface area contributed by atoms with E-state index in [1.807, 2.05) is 0 Å². The first-order chi connectivity index (χ1) is 20.1. The largest absolute Gasteiger partial charge is 0.416 e. The molecule has 2 N–H and O–H groups in total. The number of sulfonamides is 2. The summed E-state index contributed by atoms with van der Waals surface area (Å²) in [5.41, 5.74) is 1.39. The summed E-state index contributed by atoms with van der Waals surface area (Å²) in [6.45, 7) is 4.42. The van der Waals surface area contributed by atoms with E-state index in [1.165, 1.54) is 48.5 Å². The number of carbonyl (C=O) groups excluding carboxylic acids is 1. The Morgan fingerprint density at radius 1 is 0.767 bits per heavy atom.